The first-order valence-electron chi connectivity index (χ1n) is 4.91. The van der Waals surface area contributed by atoms with E-state index in [1.165, 1.54) is 0 Å². The highest BCUT2D eigenvalue weighted by Crippen LogP contribution is 2.31. The van der Waals surface area contributed by atoms with Crippen molar-refractivity contribution in [3.63, 3.8) is 0 Å². The summed E-state index contributed by atoms with van der Waals surface area (Å²) >= 11 is 17.9. The van der Waals surface area contributed by atoms with Gasteiger partial charge in [-0.2, -0.15) is 0 Å². The van der Waals surface area contributed by atoms with Crippen molar-refractivity contribution < 1.29 is 0 Å². The van der Waals surface area contributed by atoms with E-state index in [-0.39, 0.29) is 0 Å². The monoisotopic (exact) mass is 283 g/mol. The fourth-order valence-corrected chi connectivity index (χ4v) is 1.84. The molecule has 17 heavy (non-hydrogen) atoms. The summed E-state index contributed by atoms with van der Waals surface area (Å²) in [6.45, 7) is 0. The van der Waals surface area contributed by atoms with Gasteiger partial charge in [-0.1, -0.05) is 59.1 Å². The van der Waals surface area contributed by atoms with Gasteiger partial charge in [-0.3, -0.25) is 4.99 Å². The lowest BCUT2D eigenvalue weighted by Crippen LogP contribution is -1.81. The molecule has 86 valence electrons. The molecule has 0 amide bonds. The fourth-order valence-electron chi connectivity index (χ4n) is 1.31. The standard InChI is InChI=1S/C13H8Cl3N/c14-10-5-2-1-4-9(10)8-17-12-7-3-6-11(15)13(12)16/h1-8H. The largest absolute Gasteiger partial charge is 0.255 e. The molecule has 0 aliphatic heterocycles. The molecule has 0 bridgehead atoms. The molecule has 0 fully saturated rings. The number of benzene rings is 2. The fraction of sp³-hybridized carbons (Fsp3) is 0. The molecule has 0 N–H and O–H groups in total. The van der Waals surface area contributed by atoms with Crippen LogP contribution >= 0.6 is 34.8 Å². The molecule has 4 heteroatoms. The van der Waals surface area contributed by atoms with E-state index < -0.39 is 0 Å². The van der Waals surface area contributed by atoms with Gasteiger partial charge in [-0.25, -0.2) is 0 Å². The van der Waals surface area contributed by atoms with E-state index in [4.69, 9.17) is 34.8 Å². The van der Waals surface area contributed by atoms with Crippen LogP contribution in [0.4, 0.5) is 5.69 Å². The summed E-state index contributed by atoms with van der Waals surface area (Å²) in [5.41, 5.74) is 1.46. The zero-order chi connectivity index (χ0) is 12.3. The number of aliphatic imine (C=N–C) groups is 1. The minimum absolute atomic E-state index is 0.442. The second-order valence-corrected chi connectivity index (χ2v) is 4.55. The summed E-state index contributed by atoms with van der Waals surface area (Å²) in [5.74, 6) is 0. The Morgan fingerprint density at radius 1 is 0.824 bits per heavy atom. The molecule has 0 saturated heterocycles. The molecule has 2 rings (SSSR count). The summed E-state index contributed by atoms with van der Waals surface area (Å²) in [4.78, 5) is 4.27. The quantitative estimate of drug-likeness (QED) is 0.655. The zero-order valence-electron chi connectivity index (χ0n) is 8.70. The molecule has 0 spiro atoms. The molecule has 1 nitrogen and oxygen atoms in total. The molecule has 0 aromatic heterocycles. The first kappa shape index (κ1) is 12.4. The van der Waals surface area contributed by atoms with Crippen LogP contribution in [0, 0.1) is 0 Å². The van der Waals surface area contributed by atoms with Gasteiger partial charge in [-0.15, -0.1) is 0 Å². The highest BCUT2D eigenvalue weighted by Gasteiger charge is 2.02. The van der Waals surface area contributed by atoms with E-state index in [0.29, 0.717) is 20.8 Å². The summed E-state index contributed by atoms with van der Waals surface area (Å²) in [7, 11) is 0. The topological polar surface area (TPSA) is 12.4 Å². The van der Waals surface area contributed by atoms with Crippen molar-refractivity contribution in [2.75, 3.05) is 0 Å². The number of hydrogen-bond acceptors (Lipinski definition) is 1. The van der Waals surface area contributed by atoms with Crippen molar-refractivity contribution in [3.8, 4) is 0 Å². The minimum Gasteiger partial charge on any atom is -0.255 e. The van der Waals surface area contributed by atoms with Crippen molar-refractivity contribution >= 4 is 46.7 Å². The lowest BCUT2D eigenvalue weighted by molar-refractivity contribution is 1.52. The normalized spacial score (nSPS) is 11.0. The van der Waals surface area contributed by atoms with Crippen LogP contribution in [-0.2, 0) is 0 Å². The van der Waals surface area contributed by atoms with Gasteiger partial charge in [0.1, 0.15) is 0 Å². The maximum absolute atomic E-state index is 6.02. The predicted octanol–water partition coefficient (Wildman–Crippen LogP) is 5.40. The number of nitrogens with zero attached hydrogens (tertiary/aromatic N) is 1. The Morgan fingerprint density at radius 3 is 2.29 bits per heavy atom. The van der Waals surface area contributed by atoms with Gasteiger partial charge in [0.25, 0.3) is 0 Å². The Balaban J connectivity index is 2.33. The van der Waals surface area contributed by atoms with E-state index in [1.54, 1.807) is 24.4 Å². The van der Waals surface area contributed by atoms with Crippen molar-refractivity contribution in [2.45, 2.75) is 0 Å². The van der Waals surface area contributed by atoms with Crippen LogP contribution in [-0.4, -0.2) is 6.21 Å². The molecule has 0 aliphatic carbocycles. The molecule has 2 aromatic rings. The lowest BCUT2D eigenvalue weighted by Gasteiger charge is -2.00. The Hall–Kier alpha value is -1.02. The Morgan fingerprint density at radius 2 is 1.53 bits per heavy atom. The average Bonchev–Trinajstić information content (AvgIpc) is 2.33. The molecule has 0 radical (unpaired) electrons. The van der Waals surface area contributed by atoms with Crippen LogP contribution in [0.2, 0.25) is 15.1 Å². The molecule has 2 aromatic carbocycles. The van der Waals surface area contributed by atoms with Gasteiger partial charge < -0.3 is 0 Å². The SMILES string of the molecule is Clc1ccccc1C=Nc1cccc(Cl)c1Cl. The first-order chi connectivity index (χ1) is 8.18. The van der Waals surface area contributed by atoms with E-state index in [1.807, 2.05) is 24.3 Å². The number of halogens is 3. The molecular formula is C13H8Cl3N. The highest BCUT2D eigenvalue weighted by molar-refractivity contribution is 6.43. The Labute approximate surface area is 115 Å². The van der Waals surface area contributed by atoms with Gasteiger partial charge in [0.15, 0.2) is 0 Å². The van der Waals surface area contributed by atoms with E-state index >= 15 is 0 Å². The molecule has 0 atom stereocenters. The minimum atomic E-state index is 0.442. The van der Waals surface area contributed by atoms with E-state index in [0.717, 1.165) is 5.56 Å². The smallest absolute Gasteiger partial charge is 0.0848 e. The summed E-state index contributed by atoms with van der Waals surface area (Å²) < 4.78 is 0. The average molecular weight is 285 g/mol. The Kier molecular flexibility index (Phi) is 4.06. The van der Waals surface area contributed by atoms with Crippen LogP contribution in [0.15, 0.2) is 47.5 Å². The molecule has 0 unspecified atom stereocenters. The van der Waals surface area contributed by atoms with Crippen molar-refractivity contribution in [3.05, 3.63) is 63.1 Å². The number of rotatable bonds is 2. The van der Waals surface area contributed by atoms with Crippen LogP contribution in [0.1, 0.15) is 5.56 Å². The lowest BCUT2D eigenvalue weighted by atomic mass is 10.2. The predicted molar refractivity (Wildman–Crippen MR) is 75.2 cm³/mol. The van der Waals surface area contributed by atoms with Gasteiger partial charge in [0, 0.05) is 16.8 Å². The van der Waals surface area contributed by atoms with Gasteiger partial charge in [-0.05, 0) is 18.2 Å². The summed E-state index contributed by atoms with van der Waals surface area (Å²) in [6, 6.07) is 12.8. The van der Waals surface area contributed by atoms with Gasteiger partial charge in [0.2, 0.25) is 0 Å². The number of hydrogen-bond donors (Lipinski definition) is 0. The third-order valence-electron chi connectivity index (χ3n) is 2.18. The highest BCUT2D eigenvalue weighted by atomic mass is 35.5. The Bertz CT molecular complexity index is 564. The van der Waals surface area contributed by atoms with Crippen molar-refractivity contribution in [1.82, 2.24) is 0 Å². The molecule has 0 aliphatic rings. The zero-order valence-corrected chi connectivity index (χ0v) is 11.0. The van der Waals surface area contributed by atoms with Crippen molar-refractivity contribution in [1.29, 1.82) is 0 Å². The second-order valence-electron chi connectivity index (χ2n) is 3.35. The third-order valence-corrected chi connectivity index (χ3v) is 3.33. The van der Waals surface area contributed by atoms with Crippen LogP contribution in [0.3, 0.4) is 0 Å². The molecule has 0 saturated carbocycles. The van der Waals surface area contributed by atoms with E-state index in [9.17, 15) is 0 Å². The van der Waals surface area contributed by atoms with Crippen LogP contribution in [0.5, 0.6) is 0 Å². The third kappa shape index (κ3) is 3.01. The van der Waals surface area contributed by atoms with Crippen LogP contribution in [0.25, 0.3) is 0 Å². The molecular weight excluding hydrogens is 277 g/mol. The van der Waals surface area contributed by atoms with Gasteiger partial charge >= 0.3 is 0 Å². The summed E-state index contributed by atoms with van der Waals surface area (Å²) in [5, 5.41) is 1.58. The van der Waals surface area contributed by atoms with E-state index in [2.05, 4.69) is 4.99 Å². The first-order valence-corrected chi connectivity index (χ1v) is 6.04. The van der Waals surface area contributed by atoms with Crippen molar-refractivity contribution in [2.24, 2.45) is 4.99 Å². The second kappa shape index (κ2) is 5.54. The maximum atomic E-state index is 6.02. The maximum Gasteiger partial charge on any atom is 0.0848 e. The van der Waals surface area contributed by atoms with Crippen LogP contribution < -0.4 is 0 Å². The summed E-state index contributed by atoms with van der Waals surface area (Å²) in [6.07, 6.45) is 1.67. The van der Waals surface area contributed by atoms with Gasteiger partial charge in [0.05, 0.1) is 15.7 Å². The molecule has 0 heterocycles.